The number of hydrogen-bond acceptors (Lipinski definition) is 5. The third-order valence-corrected chi connectivity index (χ3v) is 3.34. The highest BCUT2D eigenvalue weighted by Gasteiger charge is 2.33. The lowest BCUT2D eigenvalue weighted by molar-refractivity contribution is 0.0822. The molecule has 0 spiro atoms. The molecule has 0 bridgehead atoms. The van der Waals surface area contributed by atoms with Gasteiger partial charge in [0.15, 0.2) is 11.6 Å². The average molecular weight is 287 g/mol. The van der Waals surface area contributed by atoms with Gasteiger partial charge >= 0.3 is 0 Å². The first-order chi connectivity index (χ1) is 7.95. The predicted molar refractivity (Wildman–Crippen MR) is 75.6 cm³/mol. The number of rotatable bonds is 10. The fourth-order valence-electron chi connectivity index (χ4n) is 1.29. The molecule has 0 aromatic heterocycles. The Morgan fingerprint density at radius 3 is 1.82 bits per heavy atom. The predicted octanol–water partition coefficient (Wildman–Crippen LogP) is 0.986. The largest absolute Gasteiger partial charge is 0.313 e. The highest BCUT2D eigenvalue weighted by molar-refractivity contribution is 7.80. The van der Waals surface area contributed by atoms with Gasteiger partial charge in [0.1, 0.15) is 0 Å². The molecule has 0 radical (unpaired) electrons. The minimum atomic E-state index is -1.71. The summed E-state index contributed by atoms with van der Waals surface area (Å²) in [6.07, 6.45) is 0. The van der Waals surface area contributed by atoms with Crippen molar-refractivity contribution in [2.45, 2.75) is 25.4 Å². The van der Waals surface area contributed by atoms with Crippen LogP contribution in [0.15, 0.2) is 0 Å². The summed E-state index contributed by atoms with van der Waals surface area (Å²) in [6.45, 7) is 4.74. The van der Waals surface area contributed by atoms with E-state index in [1.54, 1.807) is 6.92 Å². The van der Waals surface area contributed by atoms with Crippen LogP contribution >= 0.6 is 25.3 Å². The van der Waals surface area contributed by atoms with Gasteiger partial charge in [0.25, 0.3) is 0 Å². The second-order valence-corrected chi connectivity index (χ2v) is 4.54. The molecule has 0 aromatic rings. The van der Waals surface area contributed by atoms with Crippen LogP contribution in [0.1, 0.15) is 13.8 Å². The van der Waals surface area contributed by atoms with E-state index in [0.717, 1.165) is 0 Å². The minimum absolute atomic E-state index is 0.0162. The molecule has 0 aromatic carbocycles. The molecule has 3 N–H and O–H groups in total. The highest BCUT2D eigenvalue weighted by Crippen LogP contribution is 2.13. The molecular formula is C10H23F2N3S2. The summed E-state index contributed by atoms with van der Waals surface area (Å²) in [5.41, 5.74) is 0. The molecule has 0 unspecified atom stereocenters. The molecule has 2 atom stereocenters. The number of thiol groups is 2. The van der Waals surface area contributed by atoms with Crippen molar-refractivity contribution < 1.29 is 8.78 Å². The Hall–Kier alpha value is 0.440. The maximum atomic E-state index is 14.1. The monoisotopic (exact) mass is 287 g/mol. The zero-order valence-corrected chi connectivity index (χ0v) is 12.2. The zero-order valence-electron chi connectivity index (χ0n) is 10.4. The van der Waals surface area contributed by atoms with Crippen molar-refractivity contribution in [1.29, 1.82) is 0 Å². The molecule has 17 heavy (non-hydrogen) atoms. The molecule has 0 amide bonds. The molecule has 0 aliphatic carbocycles. The summed E-state index contributed by atoms with van der Waals surface area (Å²) < 4.78 is 28.2. The first-order valence-corrected chi connectivity index (χ1v) is 7.02. The van der Waals surface area contributed by atoms with E-state index < -0.39 is 11.6 Å². The quantitative estimate of drug-likeness (QED) is 0.307. The van der Waals surface area contributed by atoms with Crippen molar-refractivity contribution in [3.8, 4) is 0 Å². The van der Waals surface area contributed by atoms with Crippen LogP contribution in [0, 0.1) is 0 Å². The molecule has 0 fully saturated rings. The van der Waals surface area contributed by atoms with E-state index in [4.69, 9.17) is 0 Å². The van der Waals surface area contributed by atoms with Gasteiger partial charge in [0.05, 0.1) is 0 Å². The standard InChI is InChI=1S/C10H23F2N3S2/c1-3-13-5-9(11,7-16)15-6-10(12,8-17)14-4-2/h13-17H,3-8H2,1-2H3/t9-,10-/m1/s1. The maximum absolute atomic E-state index is 14.1. The zero-order chi connectivity index (χ0) is 13.4. The molecule has 0 saturated heterocycles. The first kappa shape index (κ1) is 17.4. The normalized spacial score (nSPS) is 18.7. The van der Waals surface area contributed by atoms with Crippen molar-refractivity contribution in [2.24, 2.45) is 0 Å². The van der Waals surface area contributed by atoms with Crippen molar-refractivity contribution in [2.75, 3.05) is 37.7 Å². The average Bonchev–Trinajstić information content (AvgIpc) is 2.34. The van der Waals surface area contributed by atoms with Crippen LogP contribution in [0.3, 0.4) is 0 Å². The van der Waals surface area contributed by atoms with Gasteiger partial charge in [-0.25, -0.2) is 8.78 Å². The number of halogens is 2. The molecule has 7 heteroatoms. The van der Waals surface area contributed by atoms with Gasteiger partial charge in [-0.2, -0.15) is 25.3 Å². The molecule has 0 aliphatic rings. The molecule has 0 aliphatic heterocycles. The van der Waals surface area contributed by atoms with Gasteiger partial charge in [0, 0.05) is 24.6 Å². The van der Waals surface area contributed by atoms with Crippen LogP contribution in [0.2, 0.25) is 0 Å². The van der Waals surface area contributed by atoms with Gasteiger partial charge in [-0.3, -0.25) is 10.6 Å². The third kappa shape index (κ3) is 6.81. The number of likely N-dealkylation sites (N-methyl/N-ethyl adjacent to an activating group) is 2. The fraction of sp³-hybridized carbons (Fsp3) is 1.00. The summed E-state index contributed by atoms with van der Waals surface area (Å²) in [5, 5.41) is 8.09. The second kappa shape index (κ2) is 8.53. The van der Waals surface area contributed by atoms with Gasteiger partial charge < -0.3 is 5.32 Å². The van der Waals surface area contributed by atoms with Crippen molar-refractivity contribution in [3.05, 3.63) is 0 Å². The molecule has 3 nitrogen and oxygen atoms in total. The molecule has 104 valence electrons. The van der Waals surface area contributed by atoms with Crippen LogP contribution in [-0.2, 0) is 0 Å². The molecule has 0 heterocycles. The lowest BCUT2D eigenvalue weighted by Gasteiger charge is -2.31. The van der Waals surface area contributed by atoms with Crippen LogP contribution in [-0.4, -0.2) is 49.3 Å². The van der Waals surface area contributed by atoms with Gasteiger partial charge in [0.2, 0.25) is 0 Å². The Morgan fingerprint density at radius 1 is 0.882 bits per heavy atom. The van der Waals surface area contributed by atoms with E-state index in [1.807, 2.05) is 6.92 Å². The SMILES string of the molecule is CCNC[C@](F)(CS)NC[C@](F)(CS)NCC. The third-order valence-electron chi connectivity index (χ3n) is 2.34. The fourth-order valence-corrected chi connectivity index (χ4v) is 1.73. The topological polar surface area (TPSA) is 36.1 Å². The van der Waals surface area contributed by atoms with Crippen molar-refractivity contribution >= 4 is 25.3 Å². The summed E-state index contributed by atoms with van der Waals surface area (Å²) in [5.74, 6) is -3.45. The van der Waals surface area contributed by atoms with Gasteiger partial charge in [-0.15, -0.1) is 0 Å². The number of nitrogens with one attached hydrogen (secondary N) is 3. The lowest BCUT2D eigenvalue weighted by Crippen LogP contribution is -2.58. The molecule has 0 saturated carbocycles. The van der Waals surface area contributed by atoms with E-state index in [2.05, 4.69) is 41.2 Å². The van der Waals surface area contributed by atoms with Crippen LogP contribution in [0.25, 0.3) is 0 Å². The van der Waals surface area contributed by atoms with E-state index in [9.17, 15) is 8.78 Å². The van der Waals surface area contributed by atoms with Crippen molar-refractivity contribution in [1.82, 2.24) is 16.0 Å². The summed E-state index contributed by atoms with van der Waals surface area (Å²) >= 11 is 7.88. The maximum Gasteiger partial charge on any atom is 0.183 e. The smallest absolute Gasteiger partial charge is 0.183 e. The van der Waals surface area contributed by atoms with E-state index in [1.165, 1.54) is 0 Å². The molecule has 0 rings (SSSR count). The molecular weight excluding hydrogens is 264 g/mol. The Balaban J connectivity index is 4.27. The Labute approximate surface area is 113 Å². The Kier molecular flexibility index (Phi) is 8.75. The second-order valence-electron chi connectivity index (χ2n) is 3.91. The summed E-state index contributed by atoms with van der Waals surface area (Å²) in [7, 11) is 0. The lowest BCUT2D eigenvalue weighted by atomic mass is 10.2. The first-order valence-electron chi connectivity index (χ1n) is 5.75. The Morgan fingerprint density at radius 2 is 1.41 bits per heavy atom. The van der Waals surface area contributed by atoms with E-state index >= 15 is 0 Å². The summed E-state index contributed by atoms with van der Waals surface area (Å²) in [6, 6.07) is 0. The van der Waals surface area contributed by atoms with Crippen LogP contribution in [0.5, 0.6) is 0 Å². The number of hydrogen-bond donors (Lipinski definition) is 5. The van der Waals surface area contributed by atoms with Crippen molar-refractivity contribution in [3.63, 3.8) is 0 Å². The van der Waals surface area contributed by atoms with E-state index in [0.29, 0.717) is 13.1 Å². The minimum Gasteiger partial charge on any atom is -0.313 e. The Bertz CT molecular complexity index is 212. The van der Waals surface area contributed by atoms with E-state index in [-0.39, 0.29) is 24.6 Å². The summed E-state index contributed by atoms with van der Waals surface area (Å²) in [4.78, 5) is 0. The van der Waals surface area contributed by atoms with Gasteiger partial charge in [-0.1, -0.05) is 13.8 Å². The van der Waals surface area contributed by atoms with Crippen LogP contribution < -0.4 is 16.0 Å². The highest BCUT2D eigenvalue weighted by atomic mass is 32.1. The van der Waals surface area contributed by atoms with Crippen LogP contribution in [0.4, 0.5) is 8.78 Å². The van der Waals surface area contributed by atoms with Gasteiger partial charge in [-0.05, 0) is 13.1 Å². The number of alkyl halides is 2.